The third-order valence-corrected chi connectivity index (χ3v) is 2.22. The number of aliphatic carboxylic acids is 2. The Morgan fingerprint density at radius 3 is 1.89 bits per heavy atom. The molecule has 1 aromatic rings. The molecule has 0 bridgehead atoms. The van der Waals surface area contributed by atoms with Gasteiger partial charge < -0.3 is 20.8 Å². The van der Waals surface area contributed by atoms with Crippen LogP contribution in [0, 0.1) is 0 Å². The summed E-state index contributed by atoms with van der Waals surface area (Å²) in [5.74, 6) is -3.65. The number of benzene rings is 1. The Labute approximate surface area is 106 Å². The highest BCUT2D eigenvalue weighted by Gasteiger charge is 2.04. The van der Waals surface area contributed by atoms with E-state index in [1.54, 1.807) is 0 Å². The van der Waals surface area contributed by atoms with Crippen molar-refractivity contribution in [2.24, 2.45) is 0 Å². The van der Waals surface area contributed by atoms with Gasteiger partial charge in [-0.2, -0.15) is 0 Å². The van der Waals surface area contributed by atoms with Gasteiger partial charge in [0.2, 0.25) is 0 Å². The molecule has 6 heteroatoms. The molecule has 0 atom stereocenters. The molecule has 0 amide bonds. The second-order valence-electron chi connectivity index (χ2n) is 3.34. The molecule has 0 unspecified atom stereocenters. The normalized spacial score (nSPS) is 9.00. The zero-order chi connectivity index (χ0) is 14.1. The highest BCUT2D eigenvalue weighted by molar-refractivity contribution is 6.27. The molecule has 0 aliphatic carbocycles. The second kappa shape index (κ2) is 7.94. The molecule has 0 saturated heterocycles. The van der Waals surface area contributed by atoms with Crippen molar-refractivity contribution in [1.82, 2.24) is 0 Å². The topological polar surface area (TPSA) is 104 Å². The van der Waals surface area contributed by atoms with Crippen LogP contribution < -0.4 is 10.6 Å². The largest absolute Gasteiger partial charge is 0.473 e. The van der Waals surface area contributed by atoms with E-state index in [9.17, 15) is 0 Å². The minimum absolute atomic E-state index is 0.862. The predicted octanol–water partition coefficient (Wildman–Crippen LogP) is 1.27. The lowest BCUT2D eigenvalue weighted by Gasteiger charge is -2.22. The summed E-state index contributed by atoms with van der Waals surface area (Å²) in [5, 5.41) is 14.8. The fraction of sp³-hybridized carbons (Fsp3) is 0.333. The number of carboxylic acids is 2. The van der Waals surface area contributed by atoms with Crippen molar-refractivity contribution in [2.75, 3.05) is 23.7 Å². The third-order valence-electron chi connectivity index (χ3n) is 2.22. The molecular weight excluding hydrogens is 236 g/mol. The van der Waals surface area contributed by atoms with E-state index in [0.29, 0.717) is 0 Å². The van der Waals surface area contributed by atoms with E-state index in [-0.39, 0.29) is 0 Å². The zero-order valence-corrected chi connectivity index (χ0v) is 10.5. The van der Waals surface area contributed by atoms with Crippen molar-refractivity contribution in [1.29, 1.82) is 0 Å². The van der Waals surface area contributed by atoms with Crippen molar-refractivity contribution in [3.8, 4) is 0 Å². The summed E-state index contributed by atoms with van der Waals surface area (Å²) in [6.45, 7) is 6.28. The fourth-order valence-electron chi connectivity index (χ4n) is 1.34. The highest BCUT2D eigenvalue weighted by Crippen LogP contribution is 2.21. The van der Waals surface area contributed by atoms with Crippen LogP contribution in [0.15, 0.2) is 24.3 Å². The first-order valence-electron chi connectivity index (χ1n) is 5.49. The Hall–Kier alpha value is -2.24. The number of para-hydroxylation sites is 2. The van der Waals surface area contributed by atoms with Gasteiger partial charge in [0, 0.05) is 13.1 Å². The molecule has 1 rings (SSSR count). The number of carbonyl (C=O) groups is 2. The van der Waals surface area contributed by atoms with E-state index in [0.717, 1.165) is 24.5 Å². The van der Waals surface area contributed by atoms with Gasteiger partial charge in [0.05, 0.1) is 11.4 Å². The average molecular weight is 254 g/mol. The third kappa shape index (κ3) is 5.20. The molecule has 6 nitrogen and oxygen atoms in total. The van der Waals surface area contributed by atoms with Crippen LogP contribution in [0.5, 0.6) is 0 Å². The number of nitrogens with two attached hydrogens (primary N) is 1. The molecule has 4 N–H and O–H groups in total. The lowest BCUT2D eigenvalue weighted by Crippen LogP contribution is -2.22. The smallest absolute Gasteiger partial charge is 0.414 e. The Balaban J connectivity index is 0.000000411. The van der Waals surface area contributed by atoms with Crippen LogP contribution in [0.25, 0.3) is 0 Å². The first-order valence-corrected chi connectivity index (χ1v) is 5.49. The van der Waals surface area contributed by atoms with Gasteiger partial charge in [-0.3, -0.25) is 0 Å². The Bertz CT molecular complexity index is 391. The number of nitrogens with zero attached hydrogens (tertiary/aromatic N) is 1. The molecule has 0 fully saturated rings. The van der Waals surface area contributed by atoms with Crippen LogP contribution in [0.3, 0.4) is 0 Å². The summed E-state index contributed by atoms with van der Waals surface area (Å²) in [6, 6.07) is 7.97. The van der Waals surface area contributed by atoms with Crippen molar-refractivity contribution in [3.63, 3.8) is 0 Å². The van der Waals surface area contributed by atoms with Crippen molar-refractivity contribution >= 4 is 23.3 Å². The van der Waals surface area contributed by atoms with Gasteiger partial charge in [0.1, 0.15) is 0 Å². The summed E-state index contributed by atoms with van der Waals surface area (Å²) in [4.78, 5) is 20.4. The molecule has 0 radical (unpaired) electrons. The Kier molecular flexibility index (Phi) is 6.95. The molecule has 0 aliphatic heterocycles. The minimum atomic E-state index is -1.82. The standard InChI is InChI=1S/C10H16N2.C2H2O4/c1-3-12(4-2)10-8-6-5-7-9(10)11;3-1(4)2(5)6/h5-8H,3-4,11H2,1-2H3;(H,3,4)(H,5,6). The lowest BCUT2D eigenvalue weighted by atomic mass is 10.2. The fourth-order valence-corrected chi connectivity index (χ4v) is 1.34. The van der Waals surface area contributed by atoms with Gasteiger partial charge in [-0.15, -0.1) is 0 Å². The number of hydrogen-bond acceptors (Lipinski definition) is 4. The zero-order valence-electron chi connectivity index (χ0n) is 10.5. The first kappa shape index (κ1) is 15.8. The molecule has 0 heterocycles. The molecule has 100 valence electrons. The van der Waals surface area contributed by atoms with Gasteiger partial charge in [-0.05, 0) is 26.0 Å². The van der Waals surface area contributed by atoms with E-state index < -0.39 is 11.9 Å². The summed E-state index contributed by atoms with van der Waals surface area (Å²) in [7, 11) is 0. The quantitative estimate of drug-likeness (QED) is 0.554. The van der Waals surface area contributed by atoms with Crippen LogP contribution in [0.2, 0.25) is 0 Å². The maximum Gasteiger partial charge on any atom is 0.414 e. The molecule has 0 saturated carbocycles. The molecule has 0 aromatic heterocycles. The summed E-state index contributed by atoms with van der Waals surface area (Å²) < 4.78 is 0. The van der Waals surface area contributed by atoms with Gasteiger partial charge in [-0.25, -0.2) is 9.59 Å². The maximum atomic E-state index is 9.10. The van der Waals surface area contributed by atoms with Crippen molar-refractivity contribution in [3.05, 3.63) is 24.3 Å². The van der Waals surface area contributed by atoms with Gasteiger partial charge in [0.25, 0.3) is 0 Å². The van der Waals surface area contributed by atoms with Crippen molar-refractivity contribution in [2.45, 2.75) is 13.8 Å². The van der Waals surface area contributed by atoms with E-state index in [4.69, 9.17) is 25.5 Å². The summed E-state index contributed by atoms with van der Waals surface area (Å²) >= 11 is 0. The monoisotopic (exact) mass is 254 g/mol. The van der Waals surface area contributed by atoms with Crippen LogP contribution in [-0.4, -0.2) is 35.2 Å². The number of carboxylic acid groups (broad SMARTS) is 2. The predicted molar refractivity (Wildman–Crippen MR) is 69.7 cm³/mol. The van der Waals surface area contributed by atoms with Gasteiger partial charge in [0.15, 0.2) is 0 Å². The summed E-state index contributed by atoms with van der Waals surface area (Å²) in [5.41, 5.74) is 7.83. The molecule has 0 aliphatic rings. The second-order valence-corrected chi connectivity index (χ2v) is 3.34. The Morgan fingerprint density at radius 2 is 1.56 bits per heavy atom. The SMILES string of the molecule is CCN(CC)c1ccccc1N.O=C(O)C(=O)O. The number of nitrogen functional groups attached to an aromatic ring is 1. The summed E-state index contributed by atoms with van der Waals surface area (Å²) in [6.07, 6.45) is 0. The minimum Gasteiger partial charge on any atom is -0.473 e. The van der Waals surface area contributed by atoms with E-state index >= 15 is 0 Å². The van der Waals surface area contributed by atoms with E-state index in [1.807, 2.05) is 18.2 Å². The van der Waals surface area contributed by atoms with E-state index in [1.165, 1.54) is 0 Å². The molecular formula is C12H18N2O4. The van der Waals surface area contributed by atoms with Gasteiger partial charge >= 0.3 is 11.9 Å². The number of rotatable bonds is 3. The number of hydrogen-bond donors (Lipinski definition) is 3. The highest BCUT2D eigenvalue weighted by atomic mass is 16.4. The van der Waals surface area contributed by atoms with E-state index in [2.05, 4.69) is 24.8 Å². The average Bonchev–Trinajstić information content (AvgIpc) is 2.33. The number of anilines is 2. The van der Waals surface area contributed by atoms with Crippen LogP contribution in [-0.2, 0) is 9.59 Å². The van der Waals surface area contributed by atoms with Crippen LogP contribution in [0.4, 0.5) is 11.4 Å². The van der Waals surface area contributed by atoms with Crippen LogP contribution >= 0.6 is 0 Å². The maximum absolute atomic E-state index is 9.10. The molecule has 1 aromatic carbocycles. The van der Waals surface area contributed by atoms with Crippen LogP contribution in [0.1, 0.15) is 13.8 Å². The molecule has 18 heavy (non-hydrogen) atoms. The Morgan fingerprint density at radius 1 is 1.11 bits per heavy atom. The lowest BCUT2D eigenvalue weighted by molar-refractivity contribution is -0.159. The molecule has 0 spiro atoms. The van der Waals surface area contributed by atoms with Crippen molar-refractivity contribution < 1.29 is 19.8 Å². The first-order chi connectivity index (χ1) is 8.43. The van der Waals surface area contributed by atoms with Gasteiger partial charge in [-0.1, -0.05) is 12.1 Å².